The van der Waals surface area contributed by atoms with Gasteiger partial charge < -0.3 is 10.6 Å². The fourth-order valence-electron chi connectivity index (χ4n) is 3.12. The van der Waals surface area contributed by atoms with Crippen molar-refractivity contribution in [1.29, 1.82) is 0 Å². The van der Waals surface area contributed by atoms with Crippen LogP contribution in [0.3, 0.4) is 0 Å². The molecule has 1 unspecified atom stereocenters. The Morgan fingerprint density at radius 2 is 2.25 bits per heavy atom. The summed E-state index contributed by atoms with van der Waals surface area (Å²) >= 11 is 1.62. The fraction of sp³-hybridized carbons (Fsp3) is 0.333. The number of nitrogens with one attached hydrogen (secondary N) is 2. The lowest BCUT2D eigenvalue weighted by atomic mass is 10.1. The van der Waals surface area contributed by atoms with Crippen LogP contribution in [0.1, 0.15) is 25.7 Å². The van der Waals surface area contributed by atoms with Crippen LogP contribution in [0.5, 0.6) is 0 Å². The van der Waals surface area contributed by atoms with Crippen molar-refractivity contribution < 1.29 is 4.79 Å². The number of imidazole rings is 1. The lowest BCUT2D eigenvalue weighted by Gasteiger charge is -2.10. The number of aromatic nitrogens is 2. The topological polar surface area (TPSA) is 58.4 Å². The third kappa shape index (κ3) is 3.34. The van der Waals surface area contributed by atoms with E-state index in [1.54, 1.807) is 11.3 Å². The molecule has 0 bridgehead atoms. The van der Waals surface area contributed by atoms with Gasteiger partial charge in [-0.25, -0.2) is 4.98 Å². The average Bonchev–Trinajstić information content (AvgIpc) is 3.30. The Morgan fingerprint density at radius 3 is 3.00 bits per heavy atom. The molecule has 1 aliphatic rings. The molecule has 3 heterocycles. The molecule has 0 aliphatic carbocycles. The van der Waals surface area contributed by atoms with Gasteiger partial charge in [0.15, 0.2) is 4.96 Å². The van der Waals surface area contributed by atoms with E-state index >= 15 is 0 Å². The Labute approximate surface area is 144 Å². The summed E-state index contributed by atoms with van der Waals surface area (Å²) in [6.45, 7) is 1.08. The summed E-state index contributed by atoms with van der Waals surface area (Å²) in [7, 11) is 0. The molecule has 0 radical (unpaired) electrons. The summed E-state index contributed by atoms with van der Waals surface area (Å²) in [5.41, 5.74) is 2.84. The Morgan fingerprint density at radius 1 is 1.38 bits per heavy atom. The van der Waals surface area contributed by atoms with Crippen molar-refractivity contribution in [2.24, 2.45) is 0 Å². The molecule has 2 N–H and O–H groups in total. The Balaban J connectivity index is 1.36. The summed E-state index contributed by atoms with van der Waals surface area (Å²) < 4.78 is 2.02. The molecule has 1 atom stereocenters. The van der Waals surface area contributed by atoms with Crippen molar-refractivity contribution in [2.45, 2.75) is 31.7 Å². The normalized spacial score (nSPS) is 17.4. The van der Waals surface area contributed by atoms with E-state index in [-0.39, 0.29) is 5.91 Å². The number of benzene rings is 1. The standard InChI is InChI=1S/C18H20N4OS/c23-17(8-7-14-2-1-9-19-14)20-15-5-3-13(4-6-15)16-12-22-10-11-24-18(22)21-16/h3-6,10-12,14,19H,1-2,7-9H2,(H,20,23). The van der Waals surface area contributed by atoms with Gasteiger partial charge in [-0.1, -0.05) is 12.1 Å². The molecule has 5 nitrogen and oxygen atoms in total. The van der Waals surface area contributed by atoms with Gasteiger partial charge in [0.25, 0.3) is 0 Å². The van der Waals surface area contributed by atoms with Crippen molar-refractivity contribution >= 4 is 27.9 Å². The number of anilines is 1. The van der Waals surface area contributed by atoms with Crippen molar-refractivity contribution in [3.05, 3.63) is 42.0 Å². The minimum atomic E-state index is 0.0824. The van der Waals surface area contributed by atoms with Crippen LogP contribution >= 0.6 is 11.3 Å². The van der Waals surface area contributed by atoms with Crippen LogP contribution in [0.4, 0.5) is 5.69 Å². The number of nitrogens with zero attached hydrogens (tertiary/aromatic N) is 2. The SMILES string of the molecule is O=C(CCC1CCCN1)Nc1ccc(-c2cn3ccsc3n2)cc1. The molecule has 3 aromatic rings. The molecule has 1 saturated heterocycles. The zero-order chi connectivity index (χ0) is 16.4. The third-order valence-corrected chi connectivity index (χ3v) is 5.21. The first-order chi connectivity index (χ1) is 11.8. The van der Waals surface area contributed by atoms with Gasteiger partial charge in [0.05, 0.1) is 5.69 Å². The summed E-state index contributed by atoms with van der Waals surface area (Å²) in [6.07, 6.45) is 7.91. The van der Waals surface area contributed by atoms with Crippen LogP contribution in [0.25, 0.3) is 16.2 Å². The molecular formula is C18H20N4OS. The predicted octanol–water partition coefficient (Wildman–Crippen LogP) is 3.53. The van der Waals surface area contributed by atoms with Crippen molar-refractivity contribution in [3.63, 3.8) is 0 Å². The van der Waals surface area contributed by atoms with Crippen LogP contribution in [0.15, 0.2) is 42.0 Å². The van der Waals surface area contributed by atoms with Crippen LogP contribution in [0, 0.1) is 0 Å². The molecule has 1 aromatic carbocycles. The van der Waals surface area contributed by atoms with E-state index in [9.17, 15) is 4.79 Å². The molecule has 1 amide bonds. The van der Waals surface area contributed by atoms with E-state index in [2.05, 4.69) is 15.6 Å². The van der Waals surface area contributed by atoms with Crippen molar-refractivity contribution in [3.8, 4) is 11.3 Å². The highest BCUT2D eigenvalue weighted by Crippen LogP contribution is 2.23. The Bertz CT molecular complexity index is 802. The number of carbonyl (C=O) groups is 1. The number of thiazole rings is 1. The van der Waals surface area contributed by atoms with Crippen LogP contribution in [-0.4, -0.2) is 27.9 Å². The highest BCUT2D eigenvalue weighted by Gasteiger charge is 2.15. The predicted molar refractivity (Wildman–Crippen MR) is 97.4 cm³/mol. The second-order valence-corrected chi connectivity index (χ2v) is 7.05. The maximum absolute atomic E-state index is 12.1. The molecule has 1 fully saturated rings. The molecule has 1 aliphatic heterocycles. The zero-order valence-corrected chi connectivity index (χ0v) is 14.2. The first-order valence-electron chi connectivity index (χ1n) is 8.34. The zero-order valence-electron chi connectivity index (χ0n) is 13.4. The molecule has 0 saturated carbocycles. The van der Waals surface area contributed by atoms with Gasteiger partial charge in [-0.2, -0.15) is 0 Å². The van der Waals surface area contributed by atoms with Crippen molar-refractivity contribution in [2.75, 3.05) is 11.9 Å². The van der Waals surface area contributed by atoms with Gasteiger partial charge in [0, 0.05) is 41.5 Å². The van der Waals surface area contributed by atoms with Gasteiger partial charge >= 0.3 is 0 Å². The number of fused-ring (bicyclic) bond motifs is 1. The minimum Gasteiger partial charge on any atom is -0.326 e. The summed E-state index contributed by atoms with van der Waals surface area (Å²) in [4.78, 5) is 17.6. The number of rotatable bonds is 5. The number of hydrogen-bond acceptors (Lipinski definition) is 4. The second kappa shape index (κ2) is 6.75. The van der Waals surface area contributed by atoms with Crippen LogP contribution in [-0.2, 0) is 4.79 Å². The maximum atomic E-state index is 12.1. The summed E-state index contributed by atoms with van der Waals surface area (Å²) in [6, 6.07) is 8.39. The molecule has 24 heavy (non-hydrogen) atoms. The smallest absolute Gasteiger partial charge is 0.224 e. The maximum Gasteiger partial charge on any atom is 0.224 e. The monoisotopic (exact) mass is 340 g/mol. The van der Waals surface area contributed by atoms with Crippen molar-refractivity contribution in [1.82, 2.24) is 14.7 Å². The van der Waals surface area contributed by atoms with Gasteiger partial charge in [0.1, 0.15) is 0 Å². The van der Waals surface area contributed by atoms with E-state index in [1.165, 1.54) is 12.8 Å². The minimum absolute atomic E-state index is 0.0824. The van der Waals surface area contributed by atoms with Crippen LogP contribution in [0.2, 0.25) is 0 Å². The van der Waals surface area contributed by atoms with E-state index in [0.717, 1.165) is 34.9 Å². The van der Waals surface area contributed by atoms with E-state index in [4.69, 9.17) is 0 Å². The fourth-order valence-corrected chi connectivity index (χ4v) is 3.82. The highest BCUT2D eigenvalue weighted by molar-refractivity contribution is 7.15. The summed E-state index contributed by atoms with van der Waals surface area (Å²) in [5.74, 6) is 0.0824. The number of hydrogen-bond donors (Lipinski definition) is 2. The Kier molecular flexibility index (Phi) is 4.32. The first-order valence-corrected chi connectivity index (χ1v) is 9.22. The van der Waals surface area contributed by atoms with Gasteiger partial charge in [-0.05, 0) is 37.9 Å². The van der Waals surface area contributed by atoms with Gasteiger partial charge in [0.2, 0.25) is 5.91 Å². The third-order valence-electron chi connectivity index (χ3n) is 4.44. The molecule has 2 aromatic heterocycles. The summed E-state index contributed by atoms with van der Waals surface area (Å²) in [5, 5.41) is 8.42. The number of carbonyl (C=O) groups excluding carboxylic acids is 1. The average molecular weight is 340 g/mol. The first kappa shape index (κ1) is 15.4. The van der Waals surface area contributed by atoms with E-state index < -0.39 is 0 Å². The van der Waals surface area contributed by atoms with Gasteiger partial charge in [-0.3, -0.25) is 9.20 Å². The molecule has 0 spiro atoms. The lowest BCUT2D eigenvalue weighted by Crippen LogP contribution is -2.23. The number of amides is 1. The van der Waals surface area contributed by atoms with Crippen LogP contribution < -0.4 is 10.6 Å². The highest BCUT2D eigenvalue weighted by atomic mass is 32.1. The van der Waals surface area contributed by atoms with E-state index in [1.807, 2.05) is 46.4 Å². The molecule has 4 rings (SSSR count). The molecular weight excluding hydrogens is 320 g/mol. The van der Waals surface area contributed by atoms with E-state index in [0.29, 0.717) is 12.5 Å². The molecule has 124 valence electrons. The Hall–Kier alpha value is -2.18. The quantitative estimate of drug-likeness (QED) is 0.747. The lowest BCUT2D eigenvalue weighted by molar-refractivity contribution is -0.116. The second-order valence-electron chi connectivity index (χ2n) is 6.18. The van der Waals surface area contributed by atoms with Gasteiger partial charge in [-0.15, -0.1) is 11.3 Å². The molecule has 6 heteroatoms. The largest absolute Gasteiger partial charge is 0.326 e.